The van der Waals surface area contributed by atoms with E-state index in [4.69, 9.17) is 4.74 Å². The van der Waals surface area contributed by atoms with E-state index in [1.54, 1.807) is 11.0 Å². The van der Waals surface area contributed by atoms with Gasteiger partial charge in [-0.3, -0.25) is 9.59 Å². The van der Waals surface area contributed by atoms with Crippen molar-refractivity contribution in [3.8, 4) is 5.75 Å². The summed E-state index contributed by atoms with van der Waals surface area (Å²) in [5.74, 6) is 0.403. The van der Waals surface area contributed by atoms with Crippen LogP contribution in [0.4, 0.5) is 5.69 Å². The van der Waals surface area contributed by atoms with Crippen LogP contribution in [0.3, 0.4) is 0 Å². The van der Waals surface area contributed by atoms with E-state index in [1.807, 2.05) is 18.2 Å². The first-order valence-corrected chi connectivity index (χ1v) is 8.49. The standard InChI is InChI=1S/C18H24N2O3/c1-13(21)20-12-17(23-16-11-7-6-10-15(16)20)18(22)19-14-8-4-2-3-5-9-14/h6-7,10-11,14,17H,2-5,8-9,12H2,1H3,(H,19,22). The highest BCUT2D eigenvalue weighted by Gasteiger charge is 2.33. The minimum atomic E-state index is -0.642. The van der Waals surface area contributed by atoms with E-state index in [0.717, 1.165) is 18.5 Å². The average molecular weight is 316 g/mol. The molecule has 0 aromatic heterocycles. The second-order valence-corrected chi connectivity index (χ2v) is 6.40. The Labute approximate surface area is 137 Å². The molecule has 2 amide bonds. The summed E-state index contributed by atoms with van der Waals surface area (Å²) in [7, 11) is 0. The van der Waals surface area contributed by atoms with Gasteiger partial charge >= 0.3 is 0 Å². The maximum Gasteiger partial charge on any atom is 0.263 e. The molecule has 3 rings (SSSR count). The molecule has 0 spiro atoms. The Morgan fingerprint density at radius 3 is 2.52 bits per heavy atom. The molecule has 1 N–H and O–H groups in total. The summed E-state index contributed by atoms with van der Waals surface area (Å²) in [6.45, 7) is 1.78. The number of carbonyl (C=O) groups is 2. The zero-order valence-electron chi connectivity index (χ0n) is 13.6. The van der Waals surface area contributed by atoms with Crippen molar-refractivity contribution < 1.29 is 14.3 Å². The van der Waals surface area contributed by atoms with Crippen LogP contribution in [0.1, 0.15) is 45.4 Å². The molecule has 1 heterocycles. The van der Waals surface area contributed by atoms with Gasteiger partial charge in [-0.05, 0) is 25.0 Å². The number of rotatable bonds is 2. The molecule has 23 heavy (non-hydrogen) atoms. The fourth-order valence-electron chi connectivity index (χ4n) is 3.39. The number of amides is 2. The van der Waals surface area contributed by atoms with Gasteiger partial charge in [-0.1, -0.05) is 37.8 Å². The third-order valence-electron chi connectivity index (χ3n) is 4.65. The van der Waals surface area contributed by atoms with Crippen LogP contribution in [0.5, 0.6) is 5.75 Å². The normalized spacial score (nSPS) is 21.8. The molecule has 0 saturated heterocycles. The lowest BCUT2D eigenvalue weighted by Gasteiger charge is -2.34. The van der Waals surface area contributed by atoms with Crippen molar-refractivity contribution in [1.29, 1.82) is 0 Å². The predicted molar refractivity (Wildman–Crippen MR) is 88.5 cm³/mol. The van der Waals surface area contributed by atoms with Gasteiger partial charge in [-0.25, -0.2) is 0 Å². The molecule has 124 valence electrons. The smallest absolute Gasteiger partial charge is 0.263 e. The number of benzene rings is 1. The van der Waals surface area contributed by atoms with E-state index in [-0.39, 0.29) is 24.4 Å². The van der Waals surface area contributed by atoms with Gasteiger partial charge in [0.15, 0.2) is 6.10 Å². The van der Waals surface area contributed by atoms with Crippen LogP contribution in [0.25, 0.3) is 0 Å². The molecule has 1 fully saturated rings. The number of fused-ring (bicyclic) bond motifs is 1. The Balaban J connectivity index is 1.70. The van der Waals surface area contributed by atoms with Gasteiger partial charge in [-0.2, -0.15) is 0 Å². The highest BCUT2D eigenvalue weighted by molar-refractivity contribution is 5.95. The summed E-state index contributed by atoms with van der Waals surface area (Å²) in [6, 6.07) is 7.59. The summed E-state index contributed by atoms with van der Waals surface area (Å²) in [5.41, 5.74) is 0.735. The van der Waals surface area contributed by atoms with Crippen molar-refractivity contribution >= 4 is 17.5 Å². The molecule has 0 bridgehead atoms. The van der Waals surface area contributed by atoms with Crippen LogP contribution in [0, 0.1) is 0 Å². The lowest BCUT2D eigenvalue weighted by atomic mass is 10.1. The zero-order chi connectivity index (χ0) is 16.2. The molecular formula is C18H24N2O3. The second-order valence-electron chi connectivity index (χ2n) is 6.40. The molecule has 1 unspecified atom stereocenters. The highest BCUT2D eigenvalue weighted by atomic mass is 16.5. The Hall–Kier alpha value is -2.04. The lowest BCUT2D eigenvalue weighted by Crippen LogP contribution is -2.52. The van der Waals surface area contributed by atoms with E-state index in [0.29, 0.717) is 5.75 Å². The molecule has 1 aliphatic carbocycles. The number of anilines is 1. The molecule has 1 aromatic carbocycles. The molecular weight excluding hydrogens is 292 g/mol. The number of nitrogens with zero attached hydrogens (tertiary/aromatic N) is 1. The summed E-state index contributed by atoms with van der Waals surface area (Å²) in [5, 5.41) is 3.12. The number of nitrogens with one attached hydrogen (secondary N) is 1. The van der Waals surface area contributed by atoms with Crippen molar-refractivity contribution in [2.45, 2.75) is 57.6 Å². The van der Waals surface area contributed by atoms with Gasteiger partial charge in [0, 0.05) is 13.0 Å². The Morgan fingerprint density at radius 1 is 1.13 bits per heavy atom. The van der Waals surface area contributed by atoms with Crippen molar-refractivity contribution in [3.05, 3.63) is 24.3 Å². The van der Waals surface area contributed by atoms with Gasteiger partial charge in [0.2, 0.25) is 5.91 Å². The summed E-state index contributed by atoms with van der Waals surface area (Å²) < 4.78 is 5.84. The van der Waals surface area contributed by atoms with Crippen LogP contribution < -0.4 is 15.0 Å². The van der Waals surface area contributed by atoms with Crippen molar-refractivity contribution in [3.63, 3.8) is 0 Å². The first-order chi connectivity index (χ1) is 11.1. The van der Waals surface area contributed by atoms with Gasteiger partial charge < -0.3 is 15.0 Å². The van der Waals surface area contributed by atoms with E-state index in [2.05, 4.69) is 5.32 Å². The maximum absolute atomic E-state index is 12.6. The molecule has 1 aliphatic heterocycles. The van der Waals surface area contributed by atoms with Crippen LogP contribution in [-0.4, -0.2) is 30.5 Å². The molecule has 5 heteroatoms. The van der Waals surface area contributed by atoms with Crippen LogP contribution in [0.15, 0.2) is 24.3 Å². The third-order valence-corrected chi connectivity index (χ3v) is 4.65. The molecule has 1 aromatic rings. The van der Waals surface area contributed by atoms with Crippen LogP contribution in [0.2, 0.25) is 0 Å². The minimum Gasteiger partial charge on any atom is -0.477 e. The fraction of sp³-hybridized carbons (Fsp3) is 0.556. The quantitative estimate of drug-likeness (QED) is 0.853. The van der Waals surface area contributed by atoms with Gasteiger partial charge in [0.05, 0.1) is 12.2 Å². The highest BCUT2D eigenvalue weighted by Crippen LogP contribution is 2.33. The van der Waals surface area contributed by atoms with E-state index in [1.165, 1.54) is 32.6 Å². The third kappa shape index (κ3) is 3.66. The zero-order valence-corrected chi connectivity index (χ0v) is 13.6. The first-order valence-electron chi connectivity index (χ1n) is 8.49. The molecule has 1 saturated carbocycles. The van der Waals surface area contributed by atoms with Crippen LogP contribution in [-0.2, 0) is 9.59 Å². The SMILES string of the molecule is CC(=O)N1CC(C(=O)NC2CCCCCC2)Oc2ccccc21. The van der Waals surface area contributed by atoms with Gasteiger partial charge in [0.1, 0.15) is 5.75 Å². The summed E-state index contributed by atoms with van der Waals surface area (Å²) in [6.07, 6.45) is 6.25. The van der Waals surface area contributed by atoms with Crippen molar-refractivity contribution in [2.75, 3.05) is 11.4 Å². The summed E-state index contributed by atoms with van der Waals surface area (Å²) >= 11 is 0. The topological polar surface area (TPSA) is 58.6 Å². The van der Waals surface area contributed by atoms with Gasteiger partial charge in [0.25, 0.3) is 5.91 Å². The number of para-hydroxylation sites is 2. The average Bonchev–Trinajstić information content (AvgIpc) is 2.82. The maximum atomic E-state index is 12.6. The predicted octanol–water partition coefficient (Wildman–Crippen LogP) is 2.64. The van der Waals surface area contributed by atoms with Gasteiger partial charge in [-0.15, -0.1) is 0 Å². The van der Waals surface area contributed by atoms with E-state index < -0.39 is 6.10 Å². The molecule has 1 atom stereocenters. The number of hydrogen-bond donors (Lipinski definition) is 1. The molecule has 2 aliphatic rings. The number of hydrogen-bond acceptors (Lipinski definition) is 3. The lowest BCUT2D eigenvalue weighted by molar-refractivity contribution is -0.129. The molecule has 5 nitrogen and oxygen atoms in total. The largest absolute Gasteiger partial charge is 0.477 e. The molecule has 0 radical (unpaired) electrons. The van der Waals surface area contributed by atoms with E-state index in [9.17, 15) is 9.59 Å². The second kappa shape index (κ2) is 7.02. The Kier molecular flexibility index (Phi) is 4.84. The Bertz CT molecular complexity index is 579. The monoisotopic (exact) mass is 316 g/mol. The number of ether oxygens (including phenoxy) is 1. The Morgan fingerprint density at radius 2 is 1.83 bits per heavy atom. The minimum absolute atomic E-state index is 0.0759. The van der Waals surface area contributed by atoms with Crippen molar-refractivity contribution in [2.24, 2.45) is 0 Å². The summed E-state index contributed by atoms with van der Waals surface area (Å²) in [4.78, 5) is 26.1. The fourth-order valence-corrected chi connectivity index (χ4v) is 3.39. The van der Waals surface area contributed by atoms with Crippen molar-refractivity contribution in [1.82, 2.24) is 5.32 Å². The first kappa shape index (κ1) is 15.8. The van der Waals surface area contributed by atoms with E-state index >= 15 is 0 Å². The van der Waals surface area contributed by atoms with Crippen LogP contribution >= 0.6 is 0 Å². The number of carbonyl (C=O) groups excluding carboxylic acids is 2.